The number of aryl methyl sites for hydroxylation is 1. The molecule has 0 atom stereocenters. The lowest BCUT2D eigenvalue weighted by atomic mass is 10.3. The molecule has 7 heteroatoms. The summed E-state index contributed by atoms with van der Waals surface area (Å²) < 4.78 is 0.995. The van der Waals surface area contributed by atoms with Crippen molar-refractivity contribution in [3.05, 3.63) is 46.7 Å². The molecule has 1 aliphatic heterocycles. The molecule has 1 N–H and O–H groups in total. The van der Waals surface area contributed by atoms with Gasteiger partial charge in [0.1, 0.15) is 0 Å². The highest BCUT2D eigenvalue weighted by atomic mass is 79.9. The largest absolute Gasteiger partial charge is 0.338 e. The van der Waals surface area contributed by atoms with Crippen LogP contribution in [0.4, 0.5) is 11.6 Å². The monoisotopic (exact) mass is 389 g/mol. The van der Waals surface area contributed by atoms with Crippen molar-refractivity contribution < 1.29 is 4.79 Å². The minimum atomic E-state index is 0.0114. The van der Waals surface area contributed by atoms with Crippen LogP contribution in [0.1, 0.15) is 5.56 Å². The molecule has 0 saturated carbocycles. The lowest BCUT2D eigenvalue weighted by Gasteiger charge is -2.34. The predicted octanol–water partition coefficient (Wildman–Crippen LogP) is 2.31. The molecule has 3 rings (SSSR count). The van der Waals surface area contributed by atoms with E-state index in [4.69, 9.17) is 0 Å². The van der Waals surface area contributed by atoms with Gasteiger partial charge in [0, 0.05) is 48.7 Å². The Balaban J connectivity index is 1.47. The number of aromatic nitrogens is 2. The number of carbonyl (C=O) groups is 1. The van der Waals surface area contributed by atoms with Crippen LogP contribution in [0.3, 0.4) is 0 Å². The number of carbonyl (C=O) groups excluding carboxylic acids is 1. The molecule has 1 aromatic carbocycles. The number of rotatable bonds is 4. The number of nitrogens with zero attached hydrogens (tertiary/aromatic N) is 4. The quantitative estimate of drug-likeness (QED) is 0.868. The van der Waals surface area contributed by atoms with E-state index in [1.165, 1.54) is 0 Å². The van der Waals surface area contributed by atoms with E-state index in [2.05, 4.69) is 41.0 Å². The van der Waals surface area contributed by atoms with Gasteiger partial charge in [0.25, 0.3) is 0 Å². The molecular formula is C17H20BrN5O. The Hall–Kier alpha value is -1.99. The molecule has 0 unspecified atom stereocenters. The van der Waals surface area contributed by atoms with Gasteiger partial charge < -0.3 is 10.2 Å². The Bertz CT molecular complexity index is 681. The van der Waals surface area contributed by atoms with Crippen LogP contribution < -0.4 is 10.2 Å². The van der Waals surface area contributed by atoms with Gasteiger partial charge in [-0.1, -0.05) is 15.9 Å². The van der Waals surface area contributed by atoms with Gasteiger partial charge in [-0.05, 0) is 36.8 Å². The number of hydrogen-bond acceptors (Lipinski definition) is 5. The summed E-state index contributed by atoms with van der Waals surface area (Å²) in [6, 6.07) is 7.59. The number of amides is 1. The van der Waals surface area contributed by atoms with E-state index < -0.39 is 0 Å². The summed E-state index contributed by atoms with van der Waals surface area (Å²) in [7, 11) is 0. The van der Waals surface area contributed by atoms with Crippen LogP contribution >= 0.6 is 15.9 Å². The van der Waals surface area contributed by atoms with Gasteiger partial charge in [0.15, 0.2) is 0 Å². The maximum atomic E-state index is 12.2. The van der Waals surface area contributed by atoms with E-state index in [-0.39, 0.29) is 5.91 Å². The highest BCUT2D eigenvalue weighted by Crippen LogP contribution is 2.14. The molecule has 126 valence electrons. The van der Waals surface area contributed by atoms with E-state index in [0.29, 0.717) is 6.54 Å². The Morgan fingerprint density at radius 3 is 2.38 bits per heavy atom. The van der Waals surface area contributed by atoms with Crippen molar-refractivity contribution in [2.24, 2.45) is 0 Å². The zero-order valence-corrected chi connectivity index (χ0v) is 15.2. The standard InChI is InChI=1S/C17H20BrN5O/c1-13-10-19-17(20-11-13)23-8-6-22(7-9-23)12-16(24)21-15-4-2-14(18)3-5-15/h2-5,10-11H,6-9,12H2,1H3,(H,21,24). The molecule has 2 heterocycles. The molecule has 24 heavy (non-hydrogen) atoms. The number of benzene rings is 1. The van der Waals surface area contributed by atoms with E-state index in [9.17, 15) is 4.79 Å². The summed E-state index contributed by atoms with van der Waals surface area (Å²) >= 11 is 3.38. The lowest BCUT2D eigenvalue weighted by Crippen LogP contribution is -2.49. The first-order chi connectivity index (χ1) is 11.6. The first-order valence-corrected chi connectivity index (χ1v) is 8.71. The Labute approximate surface area is 150 Å². The fraction of sp³-hybridized carbons (Fsp3) is 0.353. The van der Waals surface area contributed by atoms with Gasteiger partial charge in [0.05, 0.1) is 6.54 Å². The van der Waals surface area contributed by atoms with Crippen molar-refractivity contribution in [3.63, 3.8) is 0 Å². The molecular weight excluding hydrogens is 370 g/mol. The average Bonchev–Trinajstić information content (AvgIpc) is 2.58. The topological polar surface area (TPSA) is 61.4 Å². The summed E-state index contributed by atoms with van der Waals surface area (Å²) in [4.78, 5) is 25.2. The Morgan fingerprint density at radius 1 is 1.12 bits per heavy atom. The van der Waals surface area contributed by atoms with E-state index in [0.717, 1.165) is 47.9 Å². The van der Waals surface area contributed by atoms with Gasteiger partial charge >= 0.3 is 0 Å². The third kappa shape index (κ3) is 4.52. The minimum absolute atomic E-state index is 0.0114. The molecule has 0 radical (unpaired) electrons. The van der Waals surface area contributed by atoms with Crippen molar-refractivity contribution in [1.82, 2.24) is 14.9 Å². The first-order valence-electron chi connectivity index (χ1n) is 7.91. The van der Waals surface area contributed by atoms with Gasteiger partial charge in [-0.25, -0.2) is 9.97 Å². The van der Waals surface area contributed by atoms with Gasteiger partial charge in [-0.15, -0.1) is 0 Å². The van der Waals surface area contributed by atoms with Crippen LogP contribution in [0.25, 0.3) is 0 Å². The van der Waals surface area contributed by atoms with Crippen LogP contribution in [-0.2, 0) is 4.79 Å². The van der Waals surface area contributed by atoms with Crippen molar-refractivity contribution in [1.29, 1.82) is 0 Å². The van der Waals surface area contributed by atoms with Crippen molar-refractivity contribution in [3.8, 4) is 0 Å². The highest BCUT2D eigenvalue weighted by Gasteiger charge is 2.20. The fourth-order valence-electron chi connectivity index (χ4n) is 2.59. The van der Waals surface area contributed by atoms with Crippen LogP contribution in [0, 0.1) is 6.92 Å². The summed E-state index contributed by atoms with van der Waals surface area (Å²) in [5.41, 5.74) is 1.87. The van der Waals surface area contributed by atoms with Crippen LogP contribution in [0.2, 0.25) is 0 Å². The molecule has 0 spiro atoms. The Morgan fingerprint density at radius 2 is 1.75 bits per heavy atom. The third-order valence-electron chi connectivity index (χ3n) is 3.92. The third-order valence-corrected chi connectivity index (χ3v) is 4.45. The van der Waals surface area contributed by atoms with Crippen molar-refractivity contribution in [2.75, 3.05) is 42.9 Å². The molecule has 6 nitrogen and oxygen atoms in total. The maximum Gasteiger partial charge on any atom is 0.238 e. The number of nitrogens with one attached hydrogen (secondary N) is 1. The summed E-state index contributed by atoms with van der Waals surface area (Å²) in [6.45, 7) is 5.68. The zero-order valence-electron chi connectivity index (χ0n) is 13.6. The maximum absolute atomic E-state index is 12.2. The molecule has 2 aromatic rings. The lowest BCUT2D eigenvalue weighted by molar-refractivity contribution is -0.117. The van der Waals surface area contributed by atoms with Crippen molar-refractivity contribution in [2.45, 2.75) is 6.92 Å². The molecule has 0 aliphatic carbocycles. The number of hydrogen-bond donors (Lipinski definition) is 1. The number of anilines is 2. The van der Waals surface area contributed by atoms with Crippen molar-refractivity contribution >= 4 is 33.5 Å². The van der Waals surface area contributed by atoms with E-state index in [1.807, 2.05) is 43.6 Å². The number of halogens is 1. The molecule has 1 amide bonds. The summed E-state index contributed by atoms with van der Waals surface area (Å²) in [5.74, 6) is 0.775. The van der Waals surface area contributed by atoms with Crippen LogP contribution in [-0.4, -0.2) is 53.5 Å². The second kappa shape index (κ2) is 7.72. The average molecular weight is 390 g/mol. The van der Waals surface area contributed by atoms with Gasteiger partial charge in [0.2, 0.25) is 11.9 Å². The second-order valence-corrected chi connectivity index (χ2v) is 6.79. The summed E-state index contributed by atoms with van der Waals surface area (Å²) in [5, 5.41) is 2.93. The van der Waals surface area contributed by atoms with Gasteiger partial charge in [-0.2, -0.15) is 0 Å². The molecule has 0 bridgehead atoms. The molecule has 1 saturated heterocycles. The predicted molar refractivity (Wildman–Crippen MR) is 98.2 cm³/mol. The molecule has 1 aromatic heterocycles. The van der Waals surface area contributed by atoms with Crippen LogP contribution in [0.5, 0.6) is 0 Å². The zero-order chi connectivity index (χ0) is 16.9. The van der Waals surface area contributed by atoms with Gasteiger partial charge in [-0.3, -0.25) is 9.69 Å². The smallest absolute Gasteiger partial charge is 0.238 e. The normalized spacial score (nSPS) is 15.3. The summed E-state index contributed by atoms with van der Waals surface area (Å²) in [6.07, 6.45) is 3.67. The molecule has 1 aliphatic rings. The Kier molecular flexibility index (Phi) is 5.42. The minimum Gasteiger partial charge on any atom is -0.338 e. The van der Waals surface area contributed by atoms with E-state index >= 15 is 0 Å². The fourth-order valence-corrected chi connectivity index (χ4v) is 2.86. The SMILES string of the molecule is Cc1cnc(N2CCN(CC(=O)Nc3ccc(Br)cc3)CC2)nc1. The first kappa shape index (κ1) is 16.9. The number of piperazine rings is 1. The highest BCUT2D eigenvalue weighted by molar-refractivity contribution is 9.10. The van der Waals surface area contributed by atoms with Crippen LogP contribution in [0.15, 0.2) is 41.1 Å². The van der Waals surface area contributed by atoms with E-state index in [1.54, 1.807) is 0 Å². The molecule has 1 fully saturated rings. The second-order valence-electron chi connectivity index (χ2n) is 5.88.